The highest BCUT2D eigenvalue weighted by Gasteiger charge is 2.29. The molecule has 1 aliphatic carbocycles. The Morgan fingerprint density at radius 2 is 1.96 bits per heavy atom. The zero-order chi connectivity index (χ0) is 18.5. The van der Waals surface area contributed by atoms with Crippen LogP contribution in [-0.2, 0) is 4.79 Å². The van der Waals surface area contributed by atoms with Gasteiger partial charge in [0.25, 0.3) is 0 Å². The van der Waals surface area contributed by atoms with E-state index < -0.39 is 11.8 Å². The zero-order valence-corrected chi connectivity index (χ0v) is 14.1. The van der Waals surface area contributed by atoms with E-state index in [-0.39, 0.29) is 28.9 Å². The van der Waals surface area contributed by atoms with E-state index in [1.165, 1.54) is 37.6 Å². The number of carbonyl (C=O) groups is 2. The third kappa shape index (κ3) is 4.24. The summed E-state index contributed by atoms with van der Waals surface area (Å²) in [4.78, 5) is 23.6. The minimum Gasteiger partial charge on any atom is -0.493 e. The van der Waals surface area contributed by atoms with Crippen LogP contribution in [0.15, 0.2) is 47.6 Å². The number of nitrogens with one attached hydrogen (secondary N) is 1. The third-order valence-corrected chi connectivity index (χ3v) is 3.82. The maximum atomic E-state index is 13.7. The number of benzene rings is 2. The molecule has 7 heteroatoms. The molecule has 134 valence electrons. The zero-order valence-electron chi connectivity index (χ0n) is 14.1. The molecule has 1 amide bonds. The van der Waals surface area contributed by atoms with Gasteiger partial charge in [0.15, 0.2) is 11.5 Å². The molecule has 0 bridgehead atoms. The summed E-state index contributed by atoms with van der Waals surface area (Å²) in [6, 6.07) is 10.3. The first-order valence-corrected chi connectivity index (χ1v) is 8.06. The largest absolute Gasteiger partial charge is 0.493 e. The molecule has 0 spiro atoms. The quantitative estimate of drug-likeness (QED) is 0.374. The number of ether oxygens (including phenoxy) is 2. The summed E-state index contributed by atoms with van der Waals surface area (Å²) < 4.78 is 24.1. The number of amides is 1. The average Bonchev–Trinajstić information content (AvgIpc) is 3.48. The van der Waals surface area contributed by atoms with Crippen LogP contribution in [-0.4, -0.2) is 25.2 Å². The van der Waals surface area contributed by atoms with Crippen molar-refractivity contribution >= 4 is 18.1 Å². The van der Waals surface area contributed by atoms with Gasteiger partial charge in [-0.1, -0.05) is 12.1 Å². The van der Waals surface area contributed by atoms with E-state index in [1.807, 2.05) is 0 Å². The Kier molecular flexibility index (Phi) is 5.26. The molecule has 1 saturated carbocycles. The van der Waals surface area contributed by atoms with Crippen LogP contribution in [0.25, 0.3) is 0 Å². The molecule has 0 unspecified atom stereocenters. The van der Waals surface area contributed by atoms with Gasteiger partial charge in [-0.25, -0.2) is 14.6 Å². The smallest absolute Gasteiger partial charge is 0.346 e. The molecule has 26 heavy (non-hydrogen) atoms. The summed E-state index contributed by atoms with van der Waals surface area (Å²) in [7, 11) is 1.42. The van der Waals surface area contributed by atoms with Crippen molar-refractivity contribution in [2.45, 2.75) is 12.8 Å². The maximum Gasteiger partial charge on any atom is 0.346 e. The minimum absolute atomic E-state index is 0.0712. The molecule has 6 nitrogen and oxygen atoms in total. The van der Waals surface area contributed by atoms with Gasteiger partial charge in [-0.3, -0.25) is 4.79 Å². The summed E-state index contributed by atoms with van der Waals surface area (Å²) in [5.74, 6) is -1.07. The molecule has 2 aromatic rings. The van der Waals surface area contributed by atoms with Crippen LogP contribution in [0.1, 0.15) is 28.8 Å². The van der Waals surface area contributed by atoms with E-state index in [4.69, 9.17) is 9.47 Å². The fourth-order valence-corrected chi connectivity index (χ4v) is 2.24. The van der Waals surface area contributed by atoms with Crippen molar-refractivity contribution in [3.63, 3.8) is 0 Å². The summed E-state index contributed by atoms with van der Waals surface area (Å²) in [5, 5.41) is 3.89. The Morgan fingerprint density at radius 3 is 2.65 bits per heavy atom. The molecule has 2 aromatic carbocycles. The fourth-order valence-electron chi connectivity index (χ4n) is 2.24. The normalized spacial score (nSPS) is 13.5. The monoisotopic (exact) mass is 356 g/mol. The molecule has 0 radical (unpaired) electrons. The molecular weight excluding hydrogens is 339 g/mol. The summed E-state index contributed by atoms with van der Waals surface area (Å²) in [6.45, 7) is 0. The van der Waals surface area contributed by atoms with Crippen molar-refractivity contribution in [1.29, 1.82) is 0 Å². The second kappa shape index (κ2) is 7.77. The number of nitrogens with zero attached hydrogens (tertiary/aromatic N) is 1. The van der Waals surface area contributed by atoms with Gasteiger partial charge in [0, 0.05) is 5.92 Å². The van der Waals surface area contributed by atoms with Crippen LogP contribution in [0.5, 0.6) is 11.5 Å². The summed E-state index contributed by atoms with van der Waals surface area (Å²) in [6.07, 6.45) is 3.26. The Hall–Kier alpha value is -3.22. The first-order valence-electron chi connectivity index (χ1n) is 8.06. The highest BCUT2D eigenvalue weighted by molar-refractivity contribution is 5.92. The number of halogens is 1. The molecule has 3 rings (SSSR count). The Balaban J connectivity index is 1.70. The van der Waals surface area contributed by atoms with Crippen molar-refractivity contribution in [3.05, 3.63) is 59.4 Å². The Morgan fingerprint density at radius 1 is 1.19 bits per heavy atom. The molecule has 1 fully saturated rings. The molecular formula is C19H17FN2O4. The van der Waals surface area contributed by atoms with Crippen molar-refractivity contribution in [2.75, 3.05) is 7.11 Å². The van der Waals surface area contributed by atoms with Crippen molar-refractivity contribution < 1.29 is 23.5 Å². The van der Waals surface area contributed by atoms with Crippen LogP contribution in [0.3, 0.4) is 0 Å². The molecule has 0 aromatic heterocycles. The van der Waals surface area contributed by atoms with Crippen LogP contribution in [0, 0.1) is 11.7 Å². The lowest BCUT2D eigenvalue weighted by atomic mass is 10.2. The molecule has 1 N–H and O–H groups in total. The Labute approximate surface area is 149 Å². The molecule has 0 saturated heterocycles. The third-order valence-electron chi connectivity index (χ3n) is 3.82. The van der Waals surface area contributed by atoms with Crippen LogP contribution in [0.2, 0.25) is 0 Å². The van der Waals surface area contributed by atoms with Gasteiger partial charge in [0.1, 0.15) is 5.82 Å². The molecule has 0 heterocycles. The van der Waals surface area contributed by atoms with Crippen LogP contribution >= 0.6 is 0 Å². The first kappa shape index (κ1) is 17.6. The number of carbonyl (C=O) groups excluding carboxylic acids is 2. The van der Waals surface area contributed by atoms with E-state index in [0.717, 1.165) is 12.8 Å². The van der Waals surface area contributed by atoms with Crippen LogP contribution < -0.4 is 14.9 Å². The lowest BCUT2D eigenvalue weighted by molar-refractivity contribution is -0.122. The molecule has 0 atom stereocenters. The highest BCUT2D eigenvalue weighted by Crippen LogP contribution is 2.29. The van der Waals surface area contributed by atoms with Crippen molar-refractivity contribution in [1.82, 2.24) is 5.43 Å². The van der Waals surface area contributed by atoms with Gasteiger partial charge in [-0.15, -0.1) is 0 Å². The second-order valence-corrected chi connectivity index (χ2v) is 5.79. The van der Waals surface area contributed by atoms with Gasteiger partial charge in [-0.2, -0.15) is 5.10 Å². The van der Waals surface area contributed by atoms with Gasteiger partial charge in [0.05, 0.1) is 18.9 Å². The van der Waals surface area contributed by atoms with E-state index in [2.05, 4.69) is 10.5 Å². The van der Waals surface area contributed by atoms with Gasteiger partial charge in [-0.05, 0) is 48.7 Å². The summed E-state index contributed by atoms with van der Waals surface area (Å²) >= 11 is 0. The highest BCUT2D eigenvalue weighted by atomic mass is 19.1. The predicted molar refractivity (Wildman–Crippen MR) is 92.8 cm³/mol. The Bertz CT molecular complexity index is 862. The number of hydrazone groups is 1. The summed E-state index contributed by atoms with van der Waals surface area (Å²) in [5.41, 5.74) is 2.95. The van der Waals surface area contributed by atoms with Gasteiger partial charge < -0.3 is 9.47 Å². The lowest BCUT2D eigenvalue weighted by Gasteiger charge is -2.10. The average molecular weight is 356 g/mol. The van der Waals surface area contributed by atoms with E-state index in [0.29, 0.717) is 5.56 Å². The number of rotatable bonds is 6. The van der Waals surface area contributed by atoms with Crippen molar-refractivity contribution in [2.24, 2.45) is 11.0 Å². The number of hydrogen-bond donors (Lipinski definition) is 1. The fraction of sp³-hybridized carbons (Fsp3) is 0.211. The standard InChI is InChI=1S/C19H17FN2O4/c1-25-17-10-12(11-21-22-18(23)13-7-8-13)6-9-16(17)26-19(24)14-4-2-3-5-15(14)20/h2-6,9-11,13H,7-8H2,1H3,(H,22,23)/b21-11-. The van der Waals surface area contributed by atoms with Gasteiger partial charge in [0.2, 0.25) is 5.91 Å². The van der Waals surface area contributed by atoms with Crippen LogP contribution in [0.4, 0.5) is 4.39 Å². The molecule has 0 aliphatic heterocycles. The molecule has 1 aliphatic rings. The second-order valence-electron chi connectivity index (χ2n) is 5.79. The lowest BCUT2D eigenvalue weighted by Crippen LogP contribution is -2.18. The van der Waals surface area contributed by atoms with Gasteiger partial charge >= 0.3 is 5.97 Å². The first-order chi connectivity index (χ1) is 12.6. The van der Waals surface area contributed by atoms with E-state index >= 15 is 0 Å². The number of esters is 1. The number of hydrogen-bond acceptors (Lipinski definition) is 5. The number of methoxy groups -OCH3 is 1. The predicted octanol–water partition coefficient (Wildman–Crippen LogP) is 2.91. The van der Waals surface area contributed by atoms with E-state index in [9.17, 15) is 14.0 Å². The van der Waals surface area contributed by atoms with E-state index in [1.54, 1.807) is 18.2 Å². The maximum absolute atomic E-state index is 13.7. The van der Waals surface area contributed by atoms with Crippen molar-refractivity contribution in [3.8, 4) is 11.5 Å². The topological polar surface area (TPSA) is 77.0 Å². The minimum atomic E-state index is -0.820. The SMILES string of the molecule is COc1cc(/C=N\NC(=O)C2CC2)ccc1OC(=O)c1ccccc1F.